The zero-order chi connectivity index (χ0) is 14.6. The van der Waals surface area contributed by atoms with Crippen molar-refractivity contribution in [3.63, 3.8) is 0 Å². The van der Waals surface area contributed by atoms with Gasteiger partial charge in [0.05, 0.1) is 16.2 Å². The molecule has 0 aliphatic rings. The van der Waals surface area contributed by atoms with Crippen LogP contribution in [-0.4, -0.2) is 25.2 Å². The minimum absolute atomic E-state index is 0.0226. The van der Waals surface area contributed by atoms with Crippen LogP contribution in [0.1, 0.15) is 37.0 Å². The molecule has 0 saturated heterocycles. The second-order valence-electron chi connectivity index (χ2n) is 4.81. The summed E-state index contributed by atoms with van der Waals surface area (Å²) in [6.07, 6.45) is 1.40. The summed E-state index contributed by atoms with van der Waals surface area (Å²) in [5.74, 6) is -0.650. The Morgan fingerprint density at radius 3 is 2.53 bits per heavy atom. The topological polar surface area (TPSA) is 71.4 Å². The van der Waals surface area contributed by atoms with Gasteiger partial charge in [0.2, 0.25) is 0 Å². The summed E-state index contributed by atoms with van der Waals surface area (Å²) in [7, 11) is -3.45. The van der Waals surface area contributed by atoms with Gasteiger partial charge in [-0.25, -0.2) is 13.2 Å². The van der Waals surface area contributed by atoms with Crippen LogP contribution < -0.4 is 0 Å². The van der Waals surface area contributed by atoms with Crippen LogP contribution in [0.4, 0.5) is 0 Å². The first-order valence-corrected chi connectivity index (χ1v) is 8.44. The molecule has 1 aromatic carbocycles. The van der Waals surface area contributed by atoms with Gasteiger partial charge in [-0.3, -0.25) is 0 Å². The maximum absolute atomic E-state index is 12.2. The van der Waals surface area contributed by atoms with Crippen LogP contribution in [0, 0.1) is 5.92 Å². The summed E-state index contributed by atoms with van der Waals surface area (Å²) in [5.41, 5.74) is -0.0226. The zero-order valence-electron chi connectivity index (χ0n) is 10.9. The molecule has 6 heteroatoms. The Balaban J connectivity index is 3.00. The lowest BCUT2D eigenvalue weighted by Crippen LogP contribution is -2.10. The fraction of sp³-hybridized carbons (Fsp3) is 0.462. The van der Waals surface area contributed by atoms with Gasteiger partial charge in [-0.05, 0) is 52.9 Å². The molecule has 0 aliphatic carbocycles. The monoisotopic (exact) mass is 348 g/mol. The molecular formula is C13H17BrO4S. The average Bonchev–Trinajstić information content (AvgIpc) is 2.28. The van der Waals surface area contributed by atoms with Crippen LogP contribution in [0.2, 0.25) is 0 Å². The summed E-state index contributed by atoms with van der Waals surface area (Å²) in [5, 5.41) is 8.90. The Morgan fingerprint density at radius 1 is 1.37 bits per heavy atom. The van der Waals surface area contributed by atoms with E-state index in [1.54, 1.807) is 0 Å². The molecule has 0 fully saturated rings. The van der Waals surface area contributed by atoms with E-state index in [4.69, 9.17) is 5.11 Å². The van der Waals surface area contributed by atoms with Gasteiger partial charge in [0, 0.05) is 4.47 Å². The maximum Gasteiger partial charge on any atom is 0.335 e. The average molecular weight is 349 g/mol. The molecule has 4 nitrogen and oxygen atoms in total. The van der Waals surface area contributed by atoms with Crippen molar-refractivity contribution >= 4 is 31.7 Å². The van der Waals surface area contributed by atoms with Crippen LogP contribution in [0.25, 0.3) is 0 Å². The molecular weight excluding hydrogens is 332 g/mol. The smallest absolute Gasteiger partial charge is 0.335 e. The van der Waals surface area contributed by atoms with Crippen molar-refractivity contribution in [3.8, 4) is 0 Å². The Labute approximate surface area is 121 Å². The highest BCUT2D eigenvalue weighted by molar-refractivity contribution is 9.10. The van der Waals surface area contributed by atoms with Gasteiger partial charge in [0.15, 0.2) is 9.84 Å². The third-order valence-corrected chi connectivity index (χ3v) is 5.50. The lowest BCUT2D eigenvalue weighted by Gasteiger charge is -2.09. The summed E-state index contributed by atoms with van der Waals surface area (Å²) in [4.78, 5) is 10.9. The standard InChI is InChI=1S/C13H17BrO4S/c1-9(2)4-3-7-19(17,18)12-8-10(13(15)16)5-6-11(12)14/h5-6,8-9H,3-4,7H2,1-2H3,(H,15,16). The van der Waals surface area contributed by atoms with E-state index in [2.05, 4.69) is 15.9 Å². The molecule has 0 heterocycles. The molecule has 106 valence electrons. The predicted octanol–water partition coefficient (Wildman–Crippen LogP) is 3.36. The molecule has 1 N–H and O–H groups in total. The summed E-state index contributed by atoms with van der Waals surface area (Å²) >= 11 is 3.16. The number of aromatic carboxylic acids is 1. The molecule has 1 rings (SSSR count). The number of hydrogen-bond donors (Lipinski definition) is 1. The summed E-state index contributed by atoms with van der Waals surface area (Å²) in [6, 6.07) is 4.04. The van der Waals surface area contributed by atoms with Gasteiger partial charge in [-0.2, -0.15) is 0 Å². The van der Waals surface area contributed by atoms with E-state index in [0.29, 0.717) is 16.8 Å². The number of rotatable bonds is 6. The molecule has 0 radical (unpaired) electrons. The van der Waals surface area contributed by atoms with E-state index in [1.165, 1.54) is 18.2 Å². The van der Waals surface area contributed by atoms with E-state index in [1.807, 2.05) is 13.8 Å². The largest absolute Gasteiger partial charge is 0.478 e. The van der Waals surface area contributed by atoms with Crippen molar-refractivity contribution in [3.05, 3.63) is 28.2 Å². The van der Waals surface area contributed by atoms with Crippen molar-refractivity contribution < 1.29 is 18.3 Å². The third-order valence-electron chi connectivity index (χ3n) is 2.71. The second kappa shape index (κ2) is 6.52. The molecule has 19 heavy (non-hydrogen) atoms. The SMILES string of the molecule is CC(C)CCCS(=O)(=O)c1cc(C(=O)O)ccc1Br. The van der Waals surface area contributed by atoms with E-state index >= 15 is 0 Å². The van der Waals surface area contributed by atoms with Crippen LogP contribution >= 0.6 is 15.9 Å². The first kappa shape index (κ1) is 16.2. The Morgan fingerprint density at radius 2 is 2.00 bits per heavy atom. The highest BCUT2D eigenvalue weighted by atomic mass is 79.9. The minimum atomic E-state index is -3.45. The number of carbonyl (C=O) groups is 1. The molecule has 1 aromatic rings. The number of benzene rings is 1. The number of carboxylic acids is 1. The molecule has 0 spiro atoms. The van der Waals surface area contributed by atoms with Gasteiger partial charge < -0.3 is 5.11 Å². The van der Waals surface area contributed by atoms with Gasteiger partial charge >= 0.3 is 5.97 Å². The van der Waals surface area contributed by atoms with E-state index in [0.717, 1.165) is 6.42 Å². The number of hydrogen-bond acceptors (Lipinski definition) is 3. The maximum atomic E-state index is 12.2. The number of sulfone groups is 1. The number of halogens is 1. The van der Waals surface area contributed by atoms with Crippen LogP contribution in [-0.2, 0) is 9.84 Å². The van der Waals surface area contributed by atoms with E-state index < -0.39 is 15.8 Å². The molecule has 0 bridgehead atoms. The predicted molar refractivity (Wildman–Crippen MR) is 77.2 cm³/mol. The zero-order valence-corrected chi connectivity index (χ0v) is 13.3. The summed E-state index contributed by atoms with van der Waals surface area (Å²) < 4.78 is 24.8. The van der Waals surface area contributed by atoms with Crippen molar-refractivity contribution in [2.75, 3.05) is 5.75 Å². The second-order valence-corrected chi connectivity index (χ2v) is 7.74. The van der Waals surface area contributed by atoms with E-state index in [-0.39, 0.29) is 16.2 Å². The van der Waals surface area contributed by atoms with Gasteiger partial charge in [-0.1, -0.05) is 13.8 Å². The highest BCUT2D eigenvalue weighted by Crippen LogP contribution is 2.25. The quantitative estimate of drug-likeness (QED) is 0.855. The Hall–Kier alpha value is -0.880. The van der Waals surface area contributed by atoms with Crippen molar-refractivity contribution in [2.24, 2.45) is 5.92 Å². The molecule has 0 aliphatic heterocycles. The first-order valence-electron chi connectivity index (χ1n) is 5.99. The fourth-order valence-corrected chi connectivity index (χ4v) is 4.09. The van der Waals surface area contributed by atoms with Crippen LogP contribution in [0.5, 0.6) is 0 Å². The lowest BCUT2D eigenvalue weighted by molar-refractivity contribution is 0.0696. The van der Waals surface area contributed by atoms with Gasteiger partial charge in [-0.15, -0.1) is 0 Å². The lowest BCUT2D eigenvalue weighted by atomic mass is 10.1. The molecule has 0 unspecified atom stereocenters. The molecule has 0 atom stereocenters. The van der Waals surface area contributed by atoms with Gasteiger partial charge in [0.1, 0.15) is 0 Å². The van der Waals surface area contributed by atoms with Gasteiger partial charge in [0.25, 0.3) is 0 Å². The molecule has 0 saturated carbocycles. The van der Waals surface area contributed by atoms with Crippen LogP contribution in [0.15, 0.2) is 27.6 Å². The van der Waals surface area contributed by atoms with Crippen molar-refractivity contribution in [1.29, 1.82) is 0 Å². The van der Waals surface area contributed by atoms with Crippen molar-refractivity contribution in [1.82, 2.24) is 0 Å². The highest BCUT2D eigenvalue weighted by Gasteiger charge is 2.19. The fourth-order valence-electron chi connectivity index (χ4n) is 1.67. The number of carboxylic acid groups (broad SMARTS) is 1. The van der Waals surface area contributed by atoms with Crippen molar-refractivity contribution in [2.45, 2.75) is 31.6 Å². The Bertz CT molecular complexity index is 564. The summed E-state index contributed by atoms with van der Waals surface area (Å²) in [6.45, 7) is 4.07. The van der Waals surface area contributed by atoms with E-state index in [9.17, 15) is 13.2 Å². The third kappa shape index (κ3) is 4.62. The normalized spacial score (nSPS) is 11.8. The first-order chi connectivity index (χ1) is 8.74. The molecule has 0 aromatic heterocycles. The minimum Gasteiger partial charge on any atom is -0.478 e. The molecule has 0 amide bonds. The Kier molecular flexibility index (Phi) is 5.55. The van der Waals surface area contributed by atoms with Crippen LogP contribution in [0.3, 0.4) is 0 Å².